The number of pyridine rings is 1. The number of nitrogens with one attached hydrogen (secondary N) is 2. The molecule has 1 amide bonds. The summed E-state index contributed by atoms with van der Waals surface area (Å²) in [6.07, 6.45) is 2.61. The molecule has 116 valence electrons. The highest BCUT2D eigenvalue weighted by atomic mass is 16.1. The van der Waals surface area contributed by atoms with Gasteiger partial charge in [0.25, 0.3) is 5.91 Å². The predicted octanol–water partition coefficient (Wildman–Crippen LogP) is 3.83. The first-order valence-electron chi connectivity index (χ1n) is 7.63. The Morgan fingerprint density at radius 2 is 2.05 bits per heavy atom. The van der Waals surface area contributed by atoms with E-state index in [1.807, 2.05) is 19.9 Å². The topological polar surface area (TPSA) is 54.0 Å². The fourth-order valence-electron chi connectivity index (χ4n) is 2.31. The minimum absolute atomic E-state index is 0.0916. The number of nitrogens with zero attached hydrogens (tertiary/aromatic N) is 1. The highest BCUT2D eigenvalue weighted by Crippen LogP contribution is 2.25. The number of rotatable bonds is 5. The summed E-state index contributed by atoms with van der Waals surface area (Å²) in [5, 5.41) is 6.28. The van der Waals surface area contributed by atoms with Gasteiger partial charge in [0.05, 0.1) is 0 Å². The van der Waals surface area contributed by atoms with Crippen molar-refractivity contribution in [3.8, 4) is 0 Å². The Kier molecular flexibility index (Phi) is 5.15. The number of amides is 1. The Bertz CT molecular complexity index is 665. The lowest BCUT2D eigenvalue weighted by Crippen LogP contribution is -2.30. The average molecular weight is 297 g/mol. The molecule has 0 radical (unpaired) electrons. The zero-order valence-corrected chi connectivity index (χ0v) is 13.6. The van der Waals surface area contributed by atoms with E-state index < -0.39 is 0 Å². The van der Waals surface area contributed by atoms with E-state index in [2.05, 4.69) is 47.7 Å². The summed E-state index contributed by atoms with van der Waals surface area (Å²) in [6, 6.07) is 10.0. The second-order valence-electron chi connectivity index (χ2n) is 5.65. The number of aromatic nitrogens is 1. The minimum atomic E-state index is -0.154. The van der Waals surface area contributed by atoms with Crippen LogP contribution in [0.5, 0.6) is 0 Å². The summed E-state index contributed by atoms with van der Waals surface area (Å²) in [5.74, 6) is -0.154. The van der Waals surface area contributed by atoms with E-state index in [0.29, 0.717) is 5.69 Å². The number of aryl methyl sites for hydroxylation is 2. The summed E-state index contributed by atoms with van der Waals surface area (Å²) in [7, 11) is 0. The van der Waals surface area contributed by atoms with E-state index in [-0.39, 0.29) is 11.9 Å². The maximum absolute atomic E-state index is 12.0. The molecule has 22 heavy (non-hydrogen) atoms. The molecule has 1 aromatic heterocycles. The molecule has 0 atom stereocenters. The molecule has 0 saturated heterocycles. The van der Waals surface area contributed by atoms with E-state index in [4.69, 9.17) is 0 Å². The summed E-state index contributed by atoms with van der Waals surface area (Å²) >= 11 is 0. The van der Waals surface area contributed by atoms with Crippen LogP contribution in [0.15, 0.2) is 36.5 Å². The quantitative estimate of drug-likeness (QED) is 0.881. The van der Waals surface area contributed by atoms with Crippen LogP contribution in [-0.2, 0) is 6.42 Å². The zero-order chi connectivity index (χ0) is 16.1. The van der Waals surface area contributed by atoms with Gasteiger partial charge in [-0.15, -0.1) is 0 Å². The first kappa shape index (κ1) is 16.0. The Hall–Kier alpha value is -2.36. The smallest absolute Gasteiger partial charge is 0.270 e. The van der Waals surface area contributed by atoms with E-state index in [0.717, 1.165) is 17.8 Å². The SMILES string of the molecule is CCc1cccc(C)c1Nc1ccnc(C(=O)NC(C)C)c1. The molecular formula is C18H23N3O. The zero-order valence-electron chi connectivity index (χ0n) is 13.6. The van der Waals surface area contributed by atoms with Gasteiger partial charge in [-0.05, 0) is 50.5 Å². The Morgan fingerprint density at radius 3 is 2.73 bits per heavy atom. The Morgan fingerprint density at radius 1 is 1.27 bits per heavy atom. The van der Waals surface area contributed by atoms with Gasteiger partial charge < -0.3 is 10.6 Å². The maximum Gasteiger partial charge on any atom is 0.270 e. The van der Waals surface area contributed by atoms with Crippen molar-refractivity contribution in [2.75, 3.05) is 5.32 Å². The van der Waals surface area contributed by atoms with E-state index in [1.54, 1.807) is 12.3 Å². The maximum atomic E-state index is 12.0. The molecule has 2 aromatic rings. The molecule has 0 aliphatic carbocycles. The third-order valence-corrected chi connectivity index (χ3v) is 3.42. The van der Waals surface area contributed by atoms with Crippen LogP contribution in [0, 0.1) is 6.92 Å². The number of benzene rings is 1. The Balaban J connectivity index is 2.26. The van der Waals surface area contributed by atoms with Crippen molar-refractivity contribution in [3.63, 3.8) is 0 Å². The van der Waals surface area contributed by atoms with Crippen molar-refractivity contribution in [2.45, 2.75) is 40.2 Å². The largest absolute Gasteiger partial charge is 0.355 e. The van der Waals surface area contributed by atoms with Gasteiger partial charge in [0.1, 0.15) is 5.69 Å². The van der Waals surface area contributed by atoms with Crippen LogP contribution in [0.4, 0.5) is 11.4 Å². The summed E-state index contributed by atoms with van der Waals surface area (Å²) in [4.78, 5) is 16.2. The van der Waals surface area contributed by atoms with Gasteiger partial charge in [-0.25, -0.2) is 0 Å². The van der Waals surface area contributed by atoms with Crippen LogP contribution in [0.25, 0.3) is 0 Å². The summed E-state index contributed by atoms with van der Waals surface area (Å²) in [6.45, 7) is 8.07. The van der Waals surface area contributed by atoms with Crippen LogP contribution in [0.2, 0.25) is 0 Å². The van der Waals surface area contributed by atoms with Crippen molar-refractivity contribution in [1.82, 2.24) is 10.3 Å². The van der Waals surface area contributed by atoms with Gasteiger partial charge in [0.2, 0.25) is 0 Å². The molecule has 0 aliphatic heterocycles. The van der Waals surface area contributed by atoms with Crippen LogP contribution >= 0.6 is 0 Å². The van der Waals surface area contributed by atoms with Crippen LogP contribution in [-0.4, -0.2) is 16.9 Å². The van der Waals surface area contributed by atoms with Crippen molar-refractivity contribution in [1.29, 1.82) is 0 Å². The molecule has 4 nitrogen and oxygen atoms in total. The number of para-hydroxylation sites is 1. The number of carbonyl (C=O) groups is 1. The fourth-order valence-corrected chi connectivity index (χ4v) is 2.31. The van der Waals surface area contributed by atoms with Crippen molar-refractivity contribution in [3.05, 3.63) is 53.3 Å². The molecule has 0 spiro atoms. The number of anilines is 2. The molecule has 0 unspecified atom stereocenters. The molecule has 2 rings (SSSR count). The van der Waals surface area contributed by atoms with Crippen LogP contribution in [0.1, 0.15) is 42.4 Å². The van der Waals surface area contributed by atoms with Gasteiger partial charge in [-0.3, -0.25) is 9.78 Å². The predicted molar refractivity (Wildman–Crippen MR) is 90.7 cm³/mol. The monoisotopic (exact) mass is 297 g/mol. The molecule has 1 aromatic carbocycles. The average Bonchev–Trinajstić information content (AvgIpc) is 2.49. The lowest BCUT2D eigenvalue weighted by atomic mass is 10.1. The summed E-state index contributed by atoms with van der Waals surface area (Å²) < 4.78 is 0. The molecule has 0 saturated carbocycles. The lowest BCUT2D eigenvalue weighted by Gasteiger charge is -2.15. The van der Waals surface area contributed by atoms with Crippen molar-refractivity contribution >= 4 is 17.3 Å². The van der Waals surface area contributed by atoms with Crippen LogP contribution in [0.3, 0.4) is 0 Å². The normalized spacial score (nSPS) is 10.6. The molecule has 1 heterocycles. The molecule has 0 aliphatic rings. The van der Waals surface area contributed by atoms with Gasteiger partial charge in [-0.1, -0.05) is 25.1 Å². The highest BCUT2D eigenvalue weighted by Gasteiger charge is 2.10. The molecule has 0 bridgehead atoms. The van der Waals surface area contributed by atoms with Crippen LogP contribution < -0.4 is 10.6 Å². The molecular weight excluding hydrogens is 274 g/mol. The minimum Gasteiger partial charge on any atom is -0.355 e. The molecule has 4 heteroatoms. The second kappa shape index (κ2) is 7.07. The second-order valence-corrected chi connectivity index (χ2v) is 5.65. The van der Waals surface area contributed by atoms with Crippen molar-refractivity contribution < 1.29 is 4.79 Å². The lowest BCUT2D eigenvalue weighted by molar-refractivity contribution is 0.0938. The summed E-state index contributed by atoms with van der Waals surface area (Å²) in [5.41, 5.74) is 4.83. The van der Waals surface area contributed by atoms with Crippen molar-refractivity contribution in [2.24, 2.45) is 0 Å². The number of hydrogen-bond donors (Lipinski definition) is 2. The first-order valence-corrected chi connectivity index (χ1v) is 7.63. The van der Waals surface area contributed by atoms with Gasteiger partial charge in [-0.2, -0.15) is 0 Å². The standard InChI is InChI=1S/C18H23N3O/c1-5-14-8-6-7-13(4)17(14)21-15-9-10-19-16(11-15)18(22)20-12(2)3/h6-12H,5H2,1-4H3,(H,19,21)(H,20,22). The van der Waals surface area contributed by atoms with Gasteiger partial charge in [0.15, 0.2) is 0 Å². The number of carbonyl (C=O) groups excluding carboxylic acids is 1. The van der Waals surface area contributed by atoms with Gasteiger partial charge >= 0.3 is 0 Å². The Labute approximate surface area is 132 Å². The fraction of sp³-hybridized carbons (Fsp3) is 0.333. The third-order valence-electron chi connectivity index (χ3n) is 3.42. The van der Waals surface area contributed by atoms with Gasteiger partial charge in [0, 0.05) is 23.6 Å². The molecule has 2 N–H and O–H groups in total. The van der Waals surface area contributed by atoms with E-state index in [9.17, 15) is 4.79 Å². The highest BCUT2D eigenvalue weighted by molar-refractivity contribution is 5.93. The van der Waals surface area contributed by atoms with E-state index >= 15 is 0 Å². The first-order chi connectivity index (χ1) is 10.5. The third kappa shape index (κ3) is 3.85. The van der Waals surface area contributed by atoms with E-state index in [1.165, 1.54) is 11.1 Å². The number of hydrogen-bond acceptors (Lipinski definition) is 3. The molecule has 0 fully saturated rings.